The van der Waals surface area contributed by atoms with Gasteiger partial charge in [0.25, 0.3) is 0 Å². The van der Waals surface area contributed by atoms with Crippen LogP contribution in [0.3, 0.4) is 0 Å². The molecule has 1 atom stereocenters. The molecule has 28 heavy (non-hydrogen) atoms. The Kier molecular flexibility index (Phi) is 5.98. The molecule has 4 rings (SSSR count). The summed E-state index contributed by atoms with van der Waals surface area (Å²) in [5.41, 5.74) is 3.67. The molecule has 152 valence electrons. The van der Waals surface area contributed by atoms with Crippen molar-refractivity contribution in [2.24, 2.45) is 5.92 Å². The number of rotatable bonds is 5. The van der Waals surface area contributed by atoms with E-state index in [0.717, 1.165) is 29.9 Å². The van der Waals surface area contributed by atoms with E-state index in [1.54, 1.807) is 0 Å². The summed E-state index contributed by atoms with van der Waals surface area (Å²) in [6.45, 7) is 5.71. The summed E-state index contributed by atoms with van der Waals surface area (Å²) in [5, 5.41) is 5.51. The molecule has 1 amide bonds. The Morgan fingerprint density at radius 1 is 1.29 bits per heavy atom. The van der Waals surface area contributed by atoms with Crippen molar-refractivity contribution in [2.75, 3.05) is 13.1 Å². The van der Waals surface area contributed by atoms with E-state index in [4.69, 9.17) is 11.6 Å². The highest BCUT2D eigenvalue weighted by atomic mass is 35.5. The maximum Gasteiger partial charge on any atom is 0.237 e. The first-order chi connectivity index (χ1) is 13.5. The zero-order valence-corrected chi connectivity index (χ0v) is 17.8. The molecule has 0 saturated heterocycles. The Labute approximate surface area is 173 Å². The molecule has 1 aromatic heterocycles. The van der Waals surface area contributed by atoms with E-state index in [-0.39, 0.29) is 11.9 Å². The van der Waals surface area contributed by atoms with Gasteiger partial charge < -0.3 is 15.2 Å². The van der Waals surface area contributed by atoms with Crippen molar-refractivity contribution < 1.29 is 4.79 Å². The number of H-pyrrole nitrogens is 1. The van der Waals surface area contributed by atoms with Crippen molar-refractivity contribution in [3.8, 4) is 0 Å². The first kappa shape index (κ1) is 19.8. The minimum atomic E-state index is 0.121. The van der Waals surface area contributed by atoms with Crippen LogP contribution in [0.5, 0.6) is 0 Å². The molecular formula is C23H32ClN3O. The van der Waals surface area contributed by atoms with Gasteiger partial charge in [-0.15, -0.1) is 0 Å². The summed E-state index contributed by atoms with van der Waals surface area (Å²) in [7, 11) is 0. The molecule has 0 spiro atoms. The summed E-state index contributed by atoms with van der Waals surface area (Å²) >= 11 is 6.25. The average Bonchev–Trinajstić information content (AvgIpc) is 3.05. The van der Waals surface area contributed by atoms with E-state index in [1.165, 1.54) is 48.7 Å². The number of hydrogen-bond acceptors (Lipinski definition) is 2. The Morgan fingerprint density at radius 3 is 2.82 bits per heavy atom. The number of fused-ring (bicyclic) bond motifs is 3. The number of carbonyl (C=O) groups excluding carboxylic acids is 1. The van der Waals surface area contributed by atoms with Crippen LogP contribution in [0.4, 0.5) is 0 Å². The van der Waals surface area contributed by atoms with E-state index in [2.05, 4.69) is 41.2 Å². The van der Waals surface area contributed by atoms with Crippen molar-refractivity contribution in [1.29, 1.82) is 0 Å². The SMILES string of the molecule is CC(C)CC1c2[nH]c3ccc(Cl)cc3c2CCN1C(=O)CNC1CCCCC1. The Balaban J connectivity index is 1.56. The average molecular weight is 402 g/mol. The molecule has 5 heteroatoms. The highest BCUT2D eigenvalue weighted by Crippen LogP contribution is 2.38. The molecule has 1 fully saturated rings. The fourth-order valence-corrected chi connectivity index (χ4v) is 5.14. The molecule has 4 nitrogen and oxygen atoms in total. The summed E-state index contributed by atoms with van der Waals surface area (Å²) < 4.78 is 0. The first-order valence-electron chi connectivity index (χ1n) is 10.9. The molecule has 1 saturated carbocycles. The number of amides is 1. The molecule has 0 bridgehead atoms. The van der Waals surface area contributed by atoms with Gasteiger partial charge in [-0.25, -0.2) is 0 Å². The minimum absolute atomic E-state index is 0.121. The van der Waals surface area contributed by atoms with Crippen molar-refractivity contribution in [3.05, 3.63) is 34.5 Å². The molecule has 2 aromatic rings. The zero-order valence-electron chi connectivity index (χ0n) is 17.1. The van der Waals surface area contributed by atoms with Gasteiger partial charge in [0.1, 0.15) is 0 Å². The van der Waals surface area contributed by atoms with Crippen LogP contribution in [0.15, 0.2) is 18.2 Å². The highest BCUT2D eigenvalue weighted by molar-refractivity contribution is 6.31. The molecule has 1 aliphatic carbocycles. The fraction of sp³-hybridized carbons (Fsp3) is 0.609. The summed E-state index contributed by atoms with van der Waals surface area (Å²) in [6.07, 6.45) is 8.17. The number of carbonyl (C=O) groups is 1. The van der Waals surface area contributed by atoms with Crippen LogP contribution in [0.25, 0.3) is 10.9 Å². The van der Waals surface area contributed by atoms with Gasteiger partial charge in [0.2, 0.25) is 5.91 Å². The number of nitrogens with one attached hydrogen (secondary N) is 2. The van der Waals surface area contributed by atoms with Crippen LogP contribution >= 0.6 is 11.6 Å². The van der Waals surface area contributed by atoms with Gasteiger partial charge >= 0.3 is 0 Å². The monoisotopic (exact) mass is 401 g/mol. The molecule has 0 radical (unpaired) electrons. The molecule has 2 heterocycles. The summed E-state index contributed by atoms with van der Waals surface area (Å²) in [6, 6.07) is 6.67. The number of aromatic nitrogens is 1. The topological polar surface area (TPSA) is 48.1 Å². The van der Waals surface area contributed by atoms with Crippen LogP contribution in [-0.2, 0) is 11.2 Å². The van der Waals surface area contributed by atoms with E-state index < -0.39 is 0 Å². The van der Waals surface area contributed by atoms with Crippen LogP contribution < -0.4 is 5.32 Å². The Morgan fingerprint density at radius 2 is 2.07 bits per heavy atom. The van der Waals surface area contributed by atoms with Crippen molar-refractivity contribution >= 4 is 28.4 Å². The third kappa shape index (κ3) is 4.08. The largest absolute Gasteiger partial charge is 0.356 e. The standard InChI is InChI=1S/C23H32ClN3O/c1-15(2)12-21-23-18(19-13-16(24)8-9-20(19)26-23)10-11-27(21)22(28)14-25-17-6-4-3-5-7-17/h8-9,13,15,17,21,25-26H,3-7,10-12,14H2,1-2H3. The Hall–Kier alpha value is -1.52. The van der Waals surface area contributed by atoms with Gasteiger partial charge in [0.15, 0.2) is 0 Å². The lowest BCUT2D eigenvalue weighted by atomic mass is 9.91. The second-order valence-corrected chi connectivity index (χ2v) is 9.34. The number of aromatic amines is 1. The quantitative estimate of drug-likeness (QED) is 0.721. The predicted octanol–water partition coefficient (Wildman–Crippen LogP) is 5.22. The van der Waals surface area contributed by atoms with E-state index in [1.807, 2.05) is 6.07 Å². The lowest BCUT2D eigenvalue weighted by Gasteiger charge is -2.37. The zero-order chi connectivity index (χ0) is 19.7. The number of halogens is 1. The maximum atomic E-state index is 13.1. The minimum Gasteiger partial charge on any atom is -0.356 e. The fourth-order valence-electron chi connectivity index (χ4n) is 4.97. The smallest absolute Gasteiger partial charge is 0.237 e. The lowest BCUT2D eigenvalue weighted by molar-refractivity contribution is -0.133. The lowest BCUT2D eigenvalue weighted by Crippen LogP contribution is -2.46. The normalized spacial score (nSPS) is 20.7. The van der Waals surface area contributed by atoms with Crippen LogP contribution in [0.2, 0.25) is 5.02 Å². The molecule has 1 unspecified atom stereocenters. The van der Waals surface area contributed by atoms with Gasteiger partial charge in [-0.2, -0.15) is 0 Å². The molecule has 2 N–H and O–H groups in total. The number of benzene rings is 1. The third-order valence-corrected chi connectivity index (χ3v) is 6.61. The van der Waals surface area contributed by atoms with Crippen molar-refractivity contribution in [2.45, 2.75) is 70.9 Å². The summed E-state index contributed by atoms with van der Waals surface area (Å²) in [5.74, 6) is 0.756. The Bertz CT molecular complexity index is 838. The number of hydrogen-bond donors (Lipinski definition) is 2. The van der Waals surface area contributed by atoms with Gasteiger partial charge in [0, 0.05) is 34.2 Å². The van der Waals surface area contributed by atoms with Crippen molar-refractivity contribution in [3.63, 3.8) is 0 Å². The highest BCUT2D eigenvalue weighted by Gasteiger charge is 2.33. The van der Waals surface area contributed by atoms with Gasteiger partial charge in [-0.3, -0.25) is 4.79 Å². The van der Waals surface area contributed by atoms with Crippen LogP contribution in [0, 0.1) is 5.92 Å². The van der Waals surface area contributed by atoms with Crippen molar-refractivity contribution in [1.82, 2.24) is 15.2 Å². The van der Waals surface area contributed by atoms with E-state index in [9.17, 15) is 4.79 Å². The molecule has 2 aliphatic rings. The van der Waals surface area contributed by atoms with Crippen LogP contribution in [-0.4, -0.2) is 34.9 Å². The van der Waals surface area contributed by atoms with E-state index >= 15 is 0 Å². The van der Waals surface area contributed by atoms with Gasteiger partial charge in [-0.05, 0) is 55.4 Å². The third-order valence-electron chi connectivity index (χ3n) is 6.38. The molecule has 1 aliphatic heterocycles. The second-order valence-electron chi connectivity index (χ2n) is 8.91. The molecule has 1 aromatic carbocycles. The summed E-state index contributed by atoms with van der Waals surface area (Å²) in [4.78, 5) is 18.9. The molecular weight excluding hydrogens is 370 g/mol. The predicted molar refractivity (Wildman–Crippen MR) is 116 cm³/mol. The maximum absolute atomic E-state index is 13.1. The van der Waals surface area contributed by atoms with Gasteiger partial charge in [0.05, 0.1) is 12.6 Å². The van der Waals surface area contributed by atoms with E-state index in [0.29, 0.717) is 18.5 Å². The first-order valence-corrected chi connectivity index (χ1v) is 11.2. The second kappa shape index (κ2) is 8.46. The number of nitrogens with zero attached hydrogens (tertiary/aromatic N) is 1. The van der Waals surface area contributed by atoms with Gasteiger partial charge in [-0.1, -0.05) is 44.7 Å². The van der Waals surface area contributed by atoms with Crippen LogP contribution in [0.1, 0.15) is 69.7 Å².